The third kappa shape index (κ3) is 7.16. The van der Waals surface area contributed by atoms with E-state index in [1.807, 2.05) is 25.1 Å². The maximum atomic E-state index is 13.6. The molecule has 4 rings (SSSR count). The van der Waals surface area contributed by atoms with Gasteiger partial charge in [-0.1, -0.05) is 18.2 Å². The van der Waals surface area contributed by atoms with Gasteiger partial charge in [-0.2, -0.15) is 8.42 Å². The third-order valence-electron chi connectivity index (χ3n) is 6.89. The van der Waals surface area contributed by atoms with E-state index in [0.29, 0.717) is 29.7 Å². The van der Waals surface area contributed by atoms with Crippen molar-refractivity contribution >= 4 is 38.7 Å². The van der Waals surface area contributed by atoms with Crippen molar-refractivity contribution in [1.29, 1.82) is 0 Å². The van der Waals surface area contributed by atoms with Crippen LogP contribution in [-0.2, 0) is 38.1 Å². The van der Waals surface area contributed by atoms with Crippen LogP contribution in [0, 0.1) is 6.92 Å². The van der Waals surface area contributed by atoms with Crippen molar-refractivity contribution < 1.29 is 45.9 Å². The fourth-order valence-corrected chi connectivity index (χ4v) is 4.98. The summed E-state index contributed by atoms with van der Waals surface area (Å²) in [5.74, 6) is -1.90. The number of amides is 1. The Bertz CT molecular complexity index is 1500. The molecule has 222 valence electrons. The number of carbonyl (C=O) groups is 3. The molecule has 0 saturated carbocycles. The summed E-state index contributed by atoms with van der Waals surface area (Å²) in [6.45, 7) is 5.22. The van der Waals surface area contributed by atoms with Gasteiger partial charge >= 0.3 is 11.9 Å². The summed E-state index contributed by atoms with van der Waals surface area (Å²) in [7, 11) is -2.17. The Morgan fingerprint density at radius 3 is 2.59 bits per heavy atom. The van der Waals surface area contributed by atoms with Gasteiger partial charge in [-0.05, 0) is 62.1 Å². The topological polar surface area (TPSA) is 159 Å². The number of hydrogen-bond donors (Lipinski definition) is 2. The van der Waals surface area contributed by atoms with Crippen LogP contribution in [0.3, 0.4) is 0 Å². The van der Waals surface area contributed by atoms with Gasteiger partial charge in [0.2, 0.25) is 6.10 Å². The summed E-state index contributed by atoms with van der Waals surface area (Å²) in [5.41, 5.74) is 0.216. The first kappa shape index (κ1) is 30.3. The van der Waals surface area contributed by atoms with Gasteiger partial charge in [0.15, 0.2) is 0 Å². The van der Waals surface area contributed by atoms with Crippen LogP contribution in [0.2, 0.25) is 0 Å². The molecule has 2 aliphatic rings. The second kappa shape index (κ2) is 12.0. The van der Waals surface area contributed by atoms with E-state index in [-0.39, 0.29) is 31.1 Å². The first-order valence-electron chi connectivity index (χ1n) is 13.1. The summed E-state index contributed by atoms with van der Waals surface area (Å²) < 4.78 is 49.4. The molecular formula is C28H34N2O10S. The summed E-state index contributed by atoms with van der Waals surface area (Å²) in [6, 6.07) is 8.45. The zero-order valence-electron chi connectivity index (χ0n) is 23.6. The molecule has 2 heterocycles. The van der Waals surface area contributed by atoms with E-state index in [4.69, 9.17) is 23.1 Å². The first-order chi connectivity index (χ1) is 19.3. The molecule has 2 aromatic rings. The normalized spacial score (nSPS) is 21.9. The van der Waals surface area contributed by atoms with Gasteiger partial charge in [0, 0.05) is 5.70 Å². The highest BCUT2D eigenvalue weighted by molar-refractivity contribution is 7.85. The zero-order chi connectivity index (χ0) is 29.9. The SMILES string of the molecule is CCOC(=O)/C(NC(=O)[C@@H](OC(=O)c1cc(OC)cc2c(C)cccc12)[C@@]1(C)CO1)=C1/CC[C@H](COS(C)(=O)=O)N1. The minimum atomic E-state index is -3.66. The van der Waals surface area contributed by atoms with E-state index >= 15 is 0 Å². The number of aryl methyl sites for hydroxylation is 1. The molecular weight excluding hydrogens is 556 g/mol. The van der Waals surface area contributed by atoms with Gasteiger partial charge in [0.05, 0.1) is 44.8 Å². The fraction of sp³-hybridized carbons (Fsp3) is 0.464. The predicted octanol–water partition coefficient (Wildman–Crippen LogP) is 2.09. The molecule has 0 bridgehead atoms. The Morgan fingerprint density at radius 1 is 1.22 bits per heavy atom. The zero-order valence-corrected chi connectivity index (χ0v) is 24.4. The molecule has 3 atom stereocenters. The number of fused-ring (bicyclic) bond motifs is 1. The van der Waals surface area contributed by atoms with Crippen LogP contribution in [0.25, 0.3) is 10.8 Å². The van der Waals surface area contributed by atoms with E-state index in [0.717, 1.165) is 17.2 Å². The highest BCUT2D eigenvalue weighted by Gasteiger charge is 2.54. The Hall–Kier alpha value is -3.68. The van der Waals surface area contributed by atoms with E-state index in [2.05, 4.69) is 10.6 Å². The van der Waals surface area contributed by atoms with Crippen molar-refractivity contribution in [3.8, 4) is 5.75 Å². The van der Waals surface area contributed by atoms with E-state index in [9.17, 15) is 22.8 Å². The van der Waals surface area contributed by atoms with Crippen molar-refractivity contribution in [3.63, 3.8) is 0 Å². The second-order valence-electron chi connectivity index (χ2n) is 10.2. The number of hydrogen-bond acceptors (Lipinski definition) is 11. The van der Waals surface area contributed by atoms with Crippen LogP contribution in [0.4, 0.5) is 0 Å². The molecule has 1 amide bonds. The highest BCUT2D eigenvalue weighted by Crippen LogP contribution is 2.35. The van der Waals surface area contributed by atoms with Gasteiger partial charge < -0.3 is 29.6 Å². The highest BCUT2D eigenvalue weighted by atomic mass is 32.2. The smallest absolute Gasteiger partial charge is 0.356 e. The van der Waals surface area contributed by atoms with Crippen molar-refractivity contribution in [1.82, 2.24) is 10.6 Å². The summed E-state index contributed by atoms with van der Waals surface area (Å²) in [6.07, 6.45) is 0.308. The van der Waals surface area contributed by atoms with E-state index in [1.54, 1.807) is 26.0 Å². The average Bonchev–Trinajstić information content (AvgIpc) is 3.49. The monoisotopic (exact) mass is 590 g/mol. The minimum absolute atomic E-state index is 0.0493. The molecule has 2 N–H and O–H groups in total. The number of esters is 2. The Morgan fingerprint density at radius 2 is 1.95 bits per heavy atom. The molecule has 2 aliphatic heterocycles. The van der Waals surface area contributed by atoms with Crippen LogP contribution in [0.5, 0.6) is 5.75 Å². The molecule has 0 unspecified atom stereocenters. The number of epoxide rings is 1. The van der Waals surface area contributed by atoms with Crippen molar-refractivity contribution in [3.05, 3.63) is 52.9 Å². The van der Waals surface area contributed by atoms with Crippen molar-refractivity contribution in [2.24, 2.45) is 0 Å². The van der Waals surface area contributed by atoms with Crippen molar-refractivity contribution in [2.45, 2.75) is 51.4 Å². The lowest BCUT2D eigenvalue weighted by Crippen LogP contribution is -2.47. The van der Waals surface area contributed by atoms with Crippen LogP contribution in [-0.4, -0.2) is 77.2 Å². The number of allylic oxidation sites excluding steroid dienone is 1. The first-order valence-corrected chi connectivity index (χ1v) is 14.9. The van der Waals surface area contributed by atoms with Gasteiger partial charge in [0.25, 0.3) is 16.0 Å². The quantitative estimate of drug-likeness (QED) is 0.171. The Balaban J connectivity index is 1.60. The standard InChI is InChI=1S/C28H34N2O10S/c1-6-37-27(33)23(22-11-10-17(29-22)14-39-41(5,34)35)30-25(31)24(28(3)15-38-28)40-26(32)21-13-18(36-4)12-20-16(2)8-7-9-19(20)21/h7-9,12-13,17,24,29H,6,10-11,14-15H2,1-5H3,(H,30,31)/b23-22+/t17-,24-,28-/m1/s1. The van der Waals surface area contributed by atoms with Gasteiger partial charge in [-0.3, -0.25) is 8.98 Å². The lowest BCUT2D eigenvalue weighted by atomic mass is 9.99. The number of nitrogens with one attached hydrogen (secondary N) is 2. The van der Waals surface area contributed by atoms with Crippen LogP contribution in [0.1, 0.15) is 42.6 Å². The number of benzene rings is 2. The van der Waals surface area contributed by atoms with Crippen molar-refractivity contribution in [2.75, 3.05) is 33.2 Å². The minimum Gasteiger partial charge on any atom is -0.497 e. The molecule has 41 heavy (non-hydrogen) atoms. The number of methoxy groups -OCH3 is 1. The lowest BCUT2D eigenvalue weighted by Gasteiger charge is -2.23. The average molecular weight is 591 g/mol. The molecule has 2 fully saturated rings. The Kier molecular flexibility index (Phi) is 8.90. The van der Waals surface area contributed by atoms with E-state index in [1.165, 1.54) is 7.11 Å². The van der Waals surface area contributed by atoms with Crippen LogP contribution >= 0.6 is 0 Å². The predicted molar refractivity (Wildman–Crippen MR) is 148 cm³/mol. The van der Waals surface area contributed by atoms with Crippen LogP contribution < -0.4 is 15.4 Å². The second-order valence-corrected chi connectivity index (χ2v) is 11.8. The molecule has 0 aliphatic carbocycles. The van der Waals surface area contributed by atoms with Gasteiger partial charge in [0.1, 0.15) is 17.0 Å². The summed E-state index contributed by atoms with van der Waals surface area (Å²) >= 11 is 0. The van der Waals surface area contributed by atoms with E-state index < -0.39 is 45.7 Å². The summed E-state index contributed by atoms with van der Waals surface area (Å²) in [5, 5.41) is 7.02. The van der Waals surface area contributed by atoms with Gasteiger partial charge in [-0.25, -0.2) is 9.59 Å². The molecule has 13 heteroatoms. The fourth-order valence-electron chi connectivity index (χ4n) is 4.57. The molecule has 0 radical (unpaired) electrons. The maximum Gasteiger partial charge on any atom is 0.356 e. The van der Waals surface area contributed by atoms with Gasteiger partial charge in [-0.15, -0.1) is 0 Å². The number of carbonyl (C=O) groups excluding carboxylic acids is 3. The summed E-state index contributed by atoms with van der Waals surface area (Å²) in [4.78, 5) is 39.9. The largest absolute Gasteiger partial charge is 0.497 e. The Labute approximate surface area is 238 Å². The number of ether oxygens (including phenoxy) is 4. The molecule has 0 aromatic heterocycles. The number of rotatable bonds is 11. The molecule has 0 spiro atoms. The lowest BCUT2D eigenvalue weighted by molar-refractivity contribution is -0.141. The maximum absolute atomic E-state index is 13.6. The molecule has 2 saturated heterocycles. The third-order valence-corrected chi connectivity index (χ3v) is 7.46. The van der Waals surface area contributed by atoms with Crippen LogP contribution in [0.15, 0.2) is 41.7 Å². The molecule has 2 aromatic carbocycles. The molecule has 12 nitrogen and oxygen atoms in total.